The number of aromatic nitrogens is 2. The van der Waals surface area contributed by atoms with E-state index in [2.05, 4.69) is 22.1 Å². The van der Waals surface area contributed by atoms with E-state index in [-0.39, 0.29) is 0 Å². The predicted molar refractivity (Wildman–Crippen MR) is 88.4 cm³/mol. The summed E-state index contributed by atoms with van der Waals surface area (Å²) in [5, 5.41) is 0.700. The highest BCUT2D eigenvalue weighted by atomic mass is 35.5. The van der Waals surface area contributed by atoms with Crippen molar-refractivity contribution in [1.29, 1.82) is 0 Å². The first-order valence-electron chi connectivity index (χ1n) is 7.17. The van der Waals surface area contributed by atoms with E-state index in [1.165, 1.54) is 5.56 Å². The maximum absolute atomic E-state index is 5.86. The molecule has 0 aliphatic carbocycles. The van der Waals surface area contributed by atoms with Crippen molar-refractivity contribution < 1.29 is 4.74 Å². The van der Waals surface area contributed by atoms with E-state index in [9.17, 15) is 0 Å². The Balaban J connectivity index is 1.65. The number of benzene rings is 2. The first-order valence-corrected chi connectivity index (χ1v) is 7.55. The normalized spacial score (nSPS) is 10.6. The zero-order valence-corrected chi connectivity index (χ0v) is 13.1. The number of imidazole rings is 1. The van der Waals surface area contributed by atoms with Crippen molar-refractivity contribution in [2.24, 2.45) is 0 Å². The summed E-state index contributed by atoms with van der Waals surface area (Å²) in [6, 6.07) is 17.6. The Morgan fingerprint density at radius 3 is 2.50 bits per heavy atom. The van der Waals surface area contributed by atoms with Crippen LogP contribution in [0.4, 0.5) is 0 Å². The third-order valence-corrected chi connectivity index (χ3v) is 3.69. The molecular weight excluding hydrogens is 296 g/mol. The van der Waals surface area contributed by atoms with Gasteiger partial charge < -0.3 is 9.72 Å². The third kappa shape index (κ3) is 3.68. The van der Waals surface area contributed by atoms with Crippen LogP contribution in [0.2, 0.25) is 5.02 Å². The van der Waals surface area contributed by atoms with Crippen molar-refractivity contribution in [2.75, 3.05) is 0 Å². The first kappa shape index (κ1) is 14.7. The predicted octanol–water partition coefficient (Wildman–Crippen LogP) is 4.54. The Bertz CT molecular complexity index is 736. The highest BCUT2D eigenvalue weighted by Gasteiger charge is 2.08. The summed E-state index contributed by atoms with van der Waals surface area (Å²) in [6.45, 7) is 2.45. The lowest BCUT2D eigenvalue weighted by Crippen LogP contribution is -1.97. The van der Waals surface area contributed by atoms with Crippen LogP contribution in [-0.2, 0) is 13.0 Å². The fraction of sp³-hybridized carbons (Fsp3) is 0.167. The molecule has 0 amide bonds. The first-order chi connectivity index (χ1) is 10.7. The Morgan fingerprint density at radius 2 is 1.77 bits per heavy atom. The average Bonchev–Trinajstić information content (AvgIpc) is 2.88. The second kappa shape index (κ2) is 6.67. The molecule has 0 radical (unpaired) electrons. The highest BCUT2D eigenvalue weighted by molar-refractivity contribution is 6.30. The number of H-pyrrole nitrogens is 1. The monoisotopic (exact) mass is 312 g/mol. The summed E-state index contributed by atoms with van der Waals surface area (Å²) < 4.78 is 5.71. The number of nitrogens with zero attached hydrogens (tertiary/aromatic N) is 1. The van der Waals surface area contributed by atoms with Crippen molar-refractivity contribution in [3.8, 4) is 5.75 Å². The molecular formula is C18H17ClN2O. The van der Waals surface area contributed by atoms with Gasteiger partial charge in [-0.25, -0.2) is 4.98 Å². The van der Waals surface area contributed by atoms with Gasteiger partial charge in [-0.3, -0.25) is 0 Å². The fourth-order valence-corrected chi connectivity index (χ4v) is 2.40. The number of aryl methyl sites for hydroxylation is 1. The lowest BCUT2D eigenvalue weighted by Gasteiger charge is -2.03. The lowest BCUT2D eigenvalue weighted by molar-refractivity contribution is 0.297. The lowest BCUT2D eigenvalue weighted by atomic mass is 10.1. The van der Waals surface area contributed by atoms with Crippen molar-refractivity contribution in [3.63, 3.8) is 0 Å². The Hall–Kier alpha value is -2.26. The number of halogens is 1. The molecule has 0 aliphatic rings. The van der Waals surface area contributed by atoms with E-state index in [1.54, 1.807) is 0 Å². The summed E-state index contributed by atoms with van der Waals surface area (Å²) >= 11 is 5.86. The van der Waals surface area contributed by atoms with E-state index in [4.69, 9.17) is 16.3 Å². The topological polar surface area (TPSA) is 37.9 Å². The SMILES string of the molecule is Cc1[nH]c(COc2ccc(Cl)cc2)nc1Cc1ccccc1. The van der Waals surface area contributed by atoms with Crippen LogP contribution in [0.15, 0.2) is 54.6 Å². The van der Waals surface area contributed by atoms with Gasteiger partial charge in [-0.15, -0.1) is 0 Å². The van der Waals surface area contributed by atoms with Gasteiger partial charge in [0.1, 0.15) is 18.2 Å². The second-order valence-corrected chi connectivity index (χ2v) is 5.60. The molecule has 112 valence electrons. The fourth-order valence-electron chi connectivity index (χ4n) is 2.28. The third-order valence-electron chi connectivity index (χ3n) is 3.44. The van der Waals surface area contributed by atoms with Crippen LogP contribution in [0.3, 0.4) is 0 Å². The minimum Gasteiger partial charge on any atom is -0.486 e. The molecule has 1 heterocycles. The van der Waals surface area contributed by atoms with Crippen LogP contribution < -0.4 is 4.74 Å². The van der Waals surface area contributed by atoms with Gasteiger partial charge in [-0.1, -0.05) is 41.9 Å². The molecule has 2 aromatic carbocycles. The number of aromatic amines is 1. The molecule has 4 heteroatoms. The molecule has 0 aliphatic heterocycles. The second-order valence-electron chi connectivity index (χ2n) is 5.16. The van der Waals surface area contributed by atoms with Crippen LogP contribution in [0.5, 0.6) is 5.75 Å². The molecule has 0 spiro atoms. The minimum atomic E-state index is 0.414. The van der Waals surface area contributed by atoms with Gasteiger partial charge >= 0.3 is 0 Å². The van der Waals surface area contributed by atoms with Crippen molar-refractivity contribution >= 4 is 11.6 Å². The van der Waals surface area contributed by atoms with Gasteiger partial charge in [0.15, 0.2) is 0 Å². The van der Waals surface area contributed by atoms with E-state index < -0.39 is 0 Å². The Kier molecular flexibility index (Phi) is 4.45. The molecule has 3 nitrogen and oxygen atoms in total. The van der Waals surface area contributed by atoms with Crippen LogP contribution in [0, 0.1) is 6.92 Å². The number of hydrogen-bond acceptors (Lipinski definition) is 2. The largest absolute Gasteiger partial charge is 0.486 e. The van der Waals surface area contributed by atoms with E-state index in [1.807, 2.05) is 49.4 Å². The number of ether oxygens (including phenoxy) is 1. The zero-order valence-electron chi connectivity index (χ0n) is 12.3. The molecule has 1 aromatic heterocycles. The maximum Gasteiger partial charge on any atom is 0.146 e. The van der Waals surface area contributed by atoms with E-state index in [0.717, 1.165) is 29.4 Å². The van der Waals surface area contributed by atoms with Gasteiger partial charge in [0.25, 0.3) is 0 Å². The standard InChI is InChI=1S/C18H17ClN2O/c1-13-17(11-14-5-3-2-4-6-14)21-18(20-13)12-22-16-9-7-15(19)8-10-16/h2-10H,11-12H2,1H3,(H,20,21). The minimum absolute atomic E-state index is 0.414. The van der Waals surface area contributed by atoms with Crippen LogP contribution >= 0.6 is 11.6 Å². The molecule has 3 rings (SSSR count). The van der Waals surface area contributed by atoms with Crippen molar-refractivity contribution in [1.82, 2.24) is 9.97 Å². The summed E-state index contributed by atoms with van der Waals surface area (Å²) in [7, 11) is 0. The molecule has 0 saturated carbocycles. The Morgan fingerprint density at radius 1 is 1.05 bits per heavy atom. The molecule has 0 fully saturated rings. The molecule has 0 bridgehead atoms. The van der Waals surface area contributed by atoms with Crippen LogP contribution in [0.1, 0.15) is 22.8 Å². The zero-order chi connectivity index (χ0) is 15.4. The quantitative estimate of drug-likeness (QED) is 0.751. The Labute approximate surface area is 134 Å². The van der Waals surface area contributed by atoms with Crippen molar-refractivity contribution in [2.45, 2.75) is 20.0 Å². The number of hydrogen-bond donors (Lipinski definition) is 1. The van der Waals surface area contributed by atoms with Gasteiger partial charge in [0.2, 0.25) is 0 Å². The van der Waals surface area contributed by atoms with Gasteiger partial charge in [0, 0.05) is 17.1 Å². The number of rotatable bonds is 5. The molecule has 22 heavy (non-hydrogen) atoms. The van der Waals surface area contributed by atoms with Gasteiger partial charge in [-0.2, -0.15) is 0 Å². The smallest absolute Gasteiger partial charge is 0.146 e. The van der Waals surface area contributed by atoms with Gasteiger partial charge in [-0.05, 0) is 36.8 Å². The molecule has 0 atom stereocenters. The highest BCUT2D eigenvalue weighted by Crippen LogP contribution is 2.17. The number of nitrogens with one attached hydrogen (secondary N) is 1. The van der Waals surface area contributed by atoms with E-state index >= 15 is 0 Å². The summed E-state index contributed by atoms with van der Waals surface area (Å²) in [6.07, 6.45) is 0.824. The maximum atomic E-state index is 5.86. The summed E-state index contributed by atoms with van der Waals surface area (Å²) in [5.74, 6) is 1.61. The van der Waals surface area contributed by atoms with Gasteiger partial charge in [0.05, 0.1) is 5.69 Å². The van der Waals surface area contributed by atoms with Crippen LogP contribution in [-0.4, -0.2) is 9.97 Å². The summed E-state index contributed by atoms with van der Waals surface area (Å²) in [4.78, 5) is 7.92. The van der Waals surface area contributed by atoms with Crippen LogP contribution in [0.25, 0.3) is 0 Å². The average molecular weight is 313 g/mol. The van der Waals surface area contributed by atoms with Crippen molar-refractivity contribution in [3.05, 3.63) is 82.4 Å². The molecule has 0 saturated heterocycles. The van der Waals surface area contributed by atoms with E-state index in [0.29, 0.717) is 11.6 Å². The molecule has 3 aromatic rings. The molecule has 0 unspecified atom stereocenters. The molecule has 1 N–H and O–H groups in total. The summed E-state index contributed by atoms with van der Waals surface area (Å²) in [5.41, 5.74) is 3.39.